The van der Waals surface area contributed by atoms with Crippen LogP contribution >= 0.6 is 39.0 Å². The molecule has 0 unspecified atom stereocenters. The van der Waals surface area contributed by atoms with Gasteiger partial charge in [0.1, 0.15) is 5.69 Å². The lowest BCUT2D eigenvalue weighted by Gasteiger charge is -2.36. The van der Waals surface area contributed by atoms with Crippen LogP contribution in [0.15, 0.2) is 32.3 Å². The molecular weight excluding hydrogens is 582 g/mol. The van der Waals surface area contributed by atoms with Crippen molar-refractivity contribution in [2.45, 2.75) is 22.3 Å². The third-order valence-corrected chi connectivity index (χ3v) is 8.81. The lowest BCUT2D eigenvalue weighted by molar-refractivity contribution is -0.143. The van der Waals surface area contributed by atoms with Gasteiger partial charge in [-0.3, -0.25) is 9.89 Å². The fraction of sp³-hybridized carbons (Fsp3) is 0.333. The minimum atomic E-state index is -4.91. The number of carbonyl (C=O) groups is 1. The van der Waals surface area contributed by atoms with Gasteiger partial charge in [0.05, 0.1) is 24.8 Å². The van der Waals surface area contributed by atoms with Gasteiger partial charge < -0.3 is 9.80 Å². The molecule has 2 aliphatic heterocycles. The largest absolute Gasteiger partial charge is 0.416 e. The normalized spacial score (nSPS) is 16.3. The van der Waals surface area contributed by atoms with Crippen LogP contribution in [0.3, 0.4) is 0 Å². The molecule has 5 nitrogen and oxygen atoms in total. The van der Waals surface area contributed by atoms with Crippen molar-refractivity contribution in [3.05, 3.63) is 50.4 Å². The SMILES string of the molecule is O=C(c1[nH]nc2c1CSc1sc(Br)cc1-2)N1CCN(c2cc(C(F)(F)F)cc(C(F)(F)F)c2)CC1. The number of hydrogen-bond acceptors (Lipinski definition) is 5. The summed E-state index contributed by atoms with van der Waals surface area (Å²) in [6.45, 7) is 0.479. The molecule has 14 heteroatoms. The average Bonchev–Trinajstić information content (AvgIpc) is 3.40. The van der Waals surface area contributed by atoms with Gasteiger partial charge in [0.15, 0.2) is 0 Å². The molecule has 35 heavy (non-hydrogen) atoms. The monoisotopic (exact) mass is 596 g/mol. The first-order chi connectivity index (χ1) is 16.4. The number of amides is 1. The Labute approximate surface area is 211 Å². The Hall–Kier alpha value is -2.19. The molecule has 1 fully saturated rings. The number of piperazine rings is 1. The summed E-state index contributed by atoms with van der Waals surface area (Å²) in [7, 11) is 0. The molecule has 0 radical (unpaired) electrons. The van der Waals surface area contributed by atoms with E-state index in [9.17, 15) is 31.1 Å². The zero-order chi connectivity index (χ0) is 25.1. The molecule has 186 valence electrons. The number of hydrogen-bond donors (Lipinski definition) is 1. The van der Waals surface area contributed by atoms with Crippen LogP contribution in [0.4, 0.5) is 32.0 Å². The van der Waals surface area contributed by atoms with Crippen molar-refractivity contribution < 1.29 is 31.1 Å². The van der Waals surface area contributed by atoms with Crippen molar-refractivity contribution in [1.29, 1.82) is 0 Å². The van der Waals surface area contributed by atoms with Crippen molar-refractivity contribution in [3.63, 3.8) is 0 Å². The number of anilines is 1. The van der Waals surface area contributed by atoms with Crippen LogP contribution < -0.4 is 4.90 Å². The highest BCUT2D eigenvalue weighted by atomic mass is 79.9. The van der Waals surface area contributed by atoms with Crippen molar-refractivity contribution in [3.8, 4) is 11.3 Å². The fourth-order valence-corrected chi connectivity index (χ4v) is 7.31. The molecule has 2 aliphatic rings. The smallest absolute Gasteiger partial charge is 0.368 e. The van der Waals surface area contributed by atoms with Crippen molar-refractivity contribution in [2.24, 2.45) is 0 Å². The minimum Gasteiger partial charge on any atom is -0.368 e. The summed E-state index contributed by atoms with van der Waals surface area (Å²) < 4.78 is 81.3. The lowest BCUT2D eigenvalue weighted by Crippen LogP contribution is -2.49. The second-order valence-electron chi connectivity index (χ2n) is 8.01. The van der Waals surface area contributed by atoms with E-state index in [2.05, 4.69) is 26.1 Å². The van der Waals surface area contributed by atoms with Crippen LogP contribution in [0, 0.1) is 0 Å². The van der Waals surface area contributed by atoms with Crippen LogP contribution in [0.1, 0.15) is 27.2 Å². The van der Waals surface area contributed by atoms with Gasteiger partial charge >= 0.3 is 12.4 Å². The van der Waals surface area contributed by atoms with Crippen LogP contribution in [0.2, 0.25) is 0 Å². The fourth-order valence-electron chi connectivity index (χ4n) is 4.11. The Morgan fingerprint density at radius 2 is 1.60 bits per heavy atom. The maximum Gasteiger partial charge on any atom is 0.416 e. The lowest BCUT2D eigenvalue weighted by atomic mass is 10.1. The highest BCUT2D eigenvalue weighted by Crippen LogP contribution is 2.47. The number of H-pyrrole nitrogens is 1. The highest BCUT2D eigenvalue weighted by molar-refractivity contribution is 9.11. The third kappa shape index (κ3) is 4.67. The van der Waals surface area contributed by atoms with E-state index in [0.29, 0.717) is 29.3 Å². The topological polar surface area (TPSA) is 52.2 Å². The average molecular weight is 597 g/mol. The van der Waals surface area contributed by atoms with Crippen LogP contribution in [-0.2, 0) is 18.1 Å². The Morgan fingerprint density at radius 1 is 0.971 bits per heavy atom. The summed E-state index contributed by atoms with van der Waals surface area (Å²) >= 11 is 6.65. The highest BCUT2D eigenvalue weighted by Gasteiger charge is 2.38. The van der Waals surface area contributed by atoms with Crippen molar-refractivity contribution in [2.75, 3.05) is 31.1 Å². The van der Waals surface area contributed by atoms with Gasteiger partial charge in [-0.15, -0.1) is 23.1 Å². The molecule has 3 aromatic rings. The second kappa shape index (κ2) is 8.73. The molecule has 5 rings (SSSR count). The molecule has 1 saturated heterocycles. The summed E-state index contributed by atoms with van der Waals surface area (Å²) in [4.78, 5) is 16.2. The van der Waals surface area contributed by atoms with Gasteiger partial charge in [-0.05, 0) is 40.2 Å². The molecular formula is C21H15BrF6N4OS2. The van der Waals surface area contributed by atoms with E-state index >= 15 is 0 Å². The number of alkyl halides is 6. The molecule has 0 spiro atoms. The number of thiophene rings is 1. The van der Waals surface area contributed by atoms with E-state index < -0.39 is 23.5 Å². The number of thioether (sulfide) groups is 1. The summed E-state index contributed by atoms with van der Waals surface area (Å²) in [5.41, 5.74) is -0.0984. The second-order valence-corrected chi connectivity index (χ2v) is 11.7. The third-order valence-electron chi connectivity index (χ3n) is 5.86. The van der Waals surface area contributed by atoms with E-state index in [0.717, 1.165) is 19.1 Å². The number of rotatable bonds is 2. The standard InChI is InChI=1S/C21H15BrF6N4OS2/c22-15-8-13-16-14(9-34-19(13)35-15)17(30-29-16)18(33)32-3-1-31(2-4-32)12-6-10(20(23,24)25)5-11(7-12)21(26,27)28/h5-8H,1-4,9H2,(H,29,30). The first-order valence-electron chi connectivity index (χ1n) is 10.3. The number of benzene rings is 1. The van der Waals surface area contributed by atoms with Gasteiger partial charge in [0, 0.05) is 48.7 Å². The van der Waals surface area contributed by atoms with Crippen LogP contribution in [0.25, 0.3) is 11.3 Å². The van der Waals surface area contributed by atoms with E-state index in [1.54, 1.807) is 23.1 Å². The predicted molar refractivity (Wildman–Crippen MR) is 124 cm³/mol. The van der Waals surface area contributed by atoms with Gasteiger partial charge in [0.25, 0.3) is 5.91 Å². The molecule has 1 amide bonds. The molecule has 0 bridgehead atoms. The summed E-state index contributed by atoms with van der Waals surface area (Å²) in [6, 6.07) is 3.49. The summed E-state index contributed by atoms with van der Waals surface area (Å²) in [5.74, 6) is 0.272. The number of aromatic nitrogens is 2. The zero-order valence-electron chi connectivity index (χ0n) is 17.6. The van der Waals surface area contributed by atoms with Gasteiger partial charge in [0.2, 0.25) is 0 Å². The van der Waals surface area contributed by atoms with E-state index in [4.69, 9.17) is 0 Å². The van der Waals surface area contributed by atoms with E-state index in [1.807, 2.05) is 6.07 Å². The predicted octanol–water partition coefficient (Wildman–Crippen LogP) is 6.51. The number of aromatic amines is 1. The number of halogens is 7. The molecule has 1 aromatic carbocycles. The van der Waals surface area contributed by atoms with E-state index in [-0.39, 0.29) is 43.8 Å². The number of nitrogens with zero attached hydrogens (tertiary/aromatic N) is 3. The zero-order valence-corrected chi connectivity index (χ0v) is 20.8. The van der Waals surface area contributed by atoms with Crippen molar-refractivity contribution in [1.82, 2.24) is 15.1 Å². The van der Waals surface area contributed by atoms with Gasteiger partial charge in [-0.1, -0.05) is 0 Å². The first kappa shape index (κ1) is 24.5. The Kier molecular flexibility index (Phi) is 6.11. The van der Waals surface area contributed by atoms with Gasteiger partial charge in [-0.2, -0.15) is 31.4 Å². The molecule has 0 saturated carbocycles. The molecule has 0 atom stereocenters. The molecule has 1 N–H and O–H groups in total. The number of fused-ring (bicyclic) bond motifs is 3. The maximum atomic E-state index is 13.2. The van der Waals surface area contributed by atoms with Crippen LogP contribution in [0.5, 0.6) is 0 Å². The number of nitrogens with one attached hydrogen (secondary N) is 1. The molecule has 0 aliphatic carbocycles. The summed E-state index contributed by atoms with van der Waals surface area (Å²) in [5, 5.41) is 7.16. The Bertz CT molecular complexity index is 1260. The minimum absolute atomic E-state index is 0.0943. The quantitative estimate of drug-likeness (QED) is 0.343. The Morgan fingerprint density at radius 3 is 2.20 bits per heavy atom. The summed E-state index contributed by atoms with van der Waals surface area (Å²) in [6.07, 6.45) is -9.83. The molecule has 4 heterocycles. The number of carbonyl (C=O) groups excluding carboxylic acids is 1. The maximum absolute atomic E-state index is 13.2. The van der Waals surface area contributed by atoms with Crippen LogP contribution in [-0.4, -0.2) is 47.2 Å². The van der Waals surface area contributed by atoms with Gasteiger partial charge in [-0.25, -0.2) is 0 Å². The first-order valence-corrected chi connectivity index (χ1v) is 12.8. The van der Waals surface area contributed by atoms with E-state index in [1.165, 1.54) is 9.80 Å². The molecule has 2 aromatic heterocycles. The Balaban J connectivity index is 1.34. The van der Waals surface area contributed by atoms with Crippen molar-refractivity contribution >= 4 is 50.6 Å².